The minimum Gasteiger partial charge on any atom is -0.384 e. The van der Waals surface area contributed by atoms with E-state index in [0.717, 1.165) is 17.7 Å². The number of nitrogens with two attached hydrogens (primary N) is 1. The van der Waals surface area contributed by atoms with E-state index in [1.165, 1.54) is 6.33 Å². The molecule has 4 N–H and O–H groups in total. The number of hydrazine groups is 1. The first kappa shape index (κ1) is 14.7. The number of hydrogen-bond donors (Lipinski definition) is 3. The van der Waals surface area contributed by atoms with Gasteiger partial charge in [0.2, 0.25) is 0 Å². The Morgan fingerprint density at radius 3 is 2.75 bits per heavy atom. The molecular formula is C13H16BrN5O. The highest BCUT2D eigenvalue weighted by Gasteiger charge is 2.09. The van der Waals surface area contributed by atoms with Crippen molar-refractivity contribution in [1.82, 2.24) is 9.97 Å². The minimum absolute atomic E-state index is 0.525. The van der Waals surface area contributed by atoms with Crippen LogP contribution in [0, 0.1) is 0 Å². The molecule has 106 valence electrons. The molecule has 6 nitrogen and oxygen atoms in total. The van der Waals surface area contributed by atoms with Gasteiger partial charge in [-0.25, -0.2) is 15.8 Å². The van der Waals surface area contributed by atoms with Crippen molar-refractivity contribution in [3.8, 4) is 0 Å². The number of anilines is 3. The summed E-state index contributed by atoms with van der Waals surface area (Å²) in [6.45, 7) is 0.666. The van der Waals surface area contributed by atoms with Gasteiger partial charge in [-0.05, 0) is 34.0 Å². The van der Waals surface area contributed by atoms with Crippen LogP contribution in [0.5, 0.6) is 0 Å². The van der Waals surface area contributed by atoms with Crippen molar-refractivity contribution in [3.63, 3.8) is 0 Å². The van der Waals surface area contributed by atoms with Gasteiger partial charge in [-0.1, -0.05) is 18.2 Å². The van der Waals surface area contributed by atoms with E-state index in [2.05, 4.69) is 42.7 Å². The van der Waals surface area contributed by atoms with Crippen LogP contribution in [-0.4, -0.2) is 23.7 Å². The summed E-state index contributed by atoms with van der Waals surface area (Å²) in [6.07, 6.45) is 2.27. The van der Waals surface area contributed by atoms with Crippen LogP contribution >= 0.6 is 15.9 Å². The van der Waals surface area contributed by atoms with Gasteiger partial charge in [0.15, 0.2) is 5.82 Å². The molecule has 7 heteroatoms. The Morgan fingerprint density at radius 2 is 2.00 bits per heavy atom. The van der Waals surface area contributed by atoms with Crippen molar-refractivity contribution in [2.45, 2.75) is 6.42 Å². The maximum Gasteiger partial charge on any atom is 0.159 e. The predicted octanol–water partition coefficient (Wildman–Crippen LogP) is 2.46. The van der Waals surface area contributed by atoms with Crippen LogP contribution in [0.2, 0.25) is 0 Å². The predicted molar refractivity (Wildman–Crippen MR) is 82.8 cm³/mol. The SMILES string of the molecule is COCCc1ccccc1Nc1ncnc(NN)c1Br. The van der Waals surface area contributed by atoms with Gasteiger partial charge in [-0.3, -0.25) is 0 Å². The molecule has 0 aliphatic heterocycles. The number of ether oxygens (including phenoxy) is 1. The highest BCUT2D eigenvalue weighted by atomic mass is 79.9. The van der Waals surface area contributed by atoms with Crippen molar-refractivity contribution in [3.05, 3.63) is 40.6 Å². The first-order chi connectivity index (χ1) is 9.76. The fourth-order valence-electron chi connectivity index (χ4n) is 1.76. The Bertz CT molecular complexity index is 578. The maximum absolute atomic E-state index is 5.39. The molecule has 0 radical (unpaired) electrons. The first-order valence-electron chi connectivity index (χ1n) is 6.07. The maximum atomic E-state index is 5.39. The topological polar surface area (TPSA) is 85.1 Å². The molecule has 0 amide bonds. The van der Waals surface area contributed by atoms with Crippen molar-refractivity contribution >= 4 is 33.3 Å². The van der Waals surface area contributed by atoms with E-state index in [-0.39, 0.29) is 0 Å². The van der Waals surface area contributed by atoms with Crippen LogP contribution in [0.1, 0.15) is 5.56 Å². The summed E-state index contributed by atoms with van der Waals surface area (Å²) < 4.78 is 5.81. The van der Waals surface area contributed by atoms with E-state index < -0.39 is 0 Å². The summed E-state index contributed by atoms with van der Waals surface area (Å²) in [5.74, 6) is 6.57. The number of nitrogens with zero attached hydrogens (tertiary/aromatic N) is 2. The van der Waals surface area contributed by atoms with Crippen LogP contribution in [0.25, 0.3) is 0 Å². The summed E-state index contributed by atoms with van der Waals surface area (Å²) in [5.41, 5.74) is 4.65. The van der Waals surface area contributed by atoms with Crippen LogP contribution in [0.4, 0.5) is 17.3 Å². The standard InChI is InChI=1S/C13H16BrN5O/c1-20-7-6-9-4-2-3-5-10(9)18-12-11(14)13(19-15)17-8-16-12/h2-5,8H,6-7,15H2,1H3,(H2,16,17,18,19). The number of nitrogen functional groups attached to an aromatic ring is 1. The molecule has 0 saturated heterocycles. The minimum atomic E-state index is 0.525. The molecule has 0 fully saturated rings. The van der Waals surface area contributed by atoms with Crippen molar-refractivity contribution < 1.29 is 4.74 Å². The van der Waals surface area contributed by atoms with E-state index in [9.17, 15) is 0 Å². The molecule has 0 saturated carbocycles. The lowest BCUT2D eigenvalue weighted by atomic mass is 10.1. The number of benzene rings is 1. The van der Waals surface area contributed by atoms with Crippen molar-refractivity contribution in [1.29, 1.82) is 0 Å². The highest BCUT2D eigenvalue weighted by molar-refractivity contribution is 9.10. The van der Waals surface area contributed by atoms with E-state index in [1.54, 1.807) is 7.11 Å². The average Bonchev–Trinajstić information content (AvgIpc) is 2.48. The first-order valence-corrected chi connectivity index (χ1v) is 6.86. The third-order valence-electron chi connectivity index (χ3n) is 2.77. The molecule has 0 spiro atoms. The summed E-state index contributed by atoms with van der Waals surface area (Å²) in [6, 6.07) is 8.02. The van der Waals surface area contributed by atoms with Crippen LogP contribution < -0.4 is 16.6 Å². The number of hydrogen-bond acceptors (Lipinski definition) is 6. The molecular weight excluding hydrogens is 322 g/mol. The number of nitrogens with one attached hydrogen (secondary N) is 2. The van der Waals surface area contributed by atoms with Gasteiger partial charge in [-0.2, -0.15) is 0 Å². The van der Waals surface area contributed by atoms with Crippen molar-refractivity contribution in [2.75, 3.05) is 24.5 Å². The second kappa shape index (κ2) is 7.18. The number of rotatable bonds is 6. The zero-order chi connectivity index (χ0) is 14.4. The Hall–Kier alpha value is -1.70. The Kier molecular flexibility index (Phi) is 5.28. The second-order valence-electron chi connectivity index (χ2n) is 4.05. The molecule has 1 aromatic carbocycles. The molecule has 1 heterocycles. The summed E-state index contributed by atoms with van der Waals surface area (Å²) in [4.78, 5) is 8.22. The van der Waals surface area contributed by atoms with Gasteiger partial charge in [-0.15, -0.1) is 0 Å². The van der Waals surface area contributed by atoms with Crippen LogP contribution in [0.3, 0.4) is 0 Å². The lowest BCUT2D eigenvalue weighted by Crippen LogP contribution is -2.10. The normalized spacial score (nSPS) is 10.3. The fraction of sp³-hybridized carbons (Fsp3) is 0.231. The summed E-state index contributed by atoms with van der Waals surface area (Å²) in [5, 5.41) is 3.28. The number of halogens is 1. The molecule has 1 aromatic heterocycles. The van der Waals surface area contributed by atoms with Crippen LogP contribution in [-0.2, 0) is 11.2 Å². The summed E-state index contributed by atoms with van der Waals surface area (Å²) in [7, 11) is 1.69. The highest BCUT2D eigenvalue weighted by Crippen LogP contribution is 2.29. The largest absolute Gasteiger partial charge is 0.384 e. The number of para-hydroxylation sites is 1. The van der Waals surface area contributed by atoms with Gasteiger partial charge in [0, 0.05) is 12.8 Å². The zero-order valence-electron chi connectivity index (χ0n) is 11.1. The van der Waals surface area contributed by atoms with E-state index in [4.69, 9.17) is 10.6 Å². The van der Waals surface area contributed by atoms with Crippen molar-refractivity contribution in [2.24, 2.45) is 5.84 Å². The van der Waals surface area contributed by atoms with Gasteiger partial charge in [0.1, 0.15) is 16.6 Å². The lowest BCUT2D eigenvalue weighted by Gasteiger charge is -2.13. The van der Waals surface area contributed by atoms with E-state index in [1.807, 2.05) is 18.2 Å². The zero-order valence-corrected chi connectivity index (χ0v) is 12.6. The molecule has 0 aliphatic carbocycles. The van der Waals surface area contributed by atoms with Crippen LogP contribution in [0.15, 0.2) is 35.1 Å². The second-order valence-corrected chi connectivity index (χ2v) is 4.85. The summed E-state index contributed by atoms with van der Waals surface area (Å²) >= 11 is 3.42. The average molecular weight is 338 g/mol. The van der Waals surface area contributed by atoms with Gasteiger partial charge in [0.05, 0.1) is 6.61 Å². The fourth-order valence-corrected chi connectivity index (χ4v) is 2.18. The third kappa shape index (κ3) is 3.44. The molecule has 0 bridgehead atoms. The molecule has 2 aromatic rings. The Balaban J connectivity index is 2.26. The van der Waals surface area contributed by atoms with Gasteiger partial charge in [0.25, 0.3) is 0 Å². The quantitative estimate of drug-likeness (QED) is 0.554. The monoisotopic (exact) mass is 337 g/mol. The molecule has 0 unspecified atom stereocenters. The van der Waals surface area contributed by atoms with E-state index in [0.29, 0.717) is 22.7 Å². The molecule has 0 atom stereocenters. The molecule has 20 heavy (non-hydrogen) atoms. The van der Waals surface area contributed by atoms with Gasteiger partial charge >= 0.3 is 0 Å². The Morgan fingerprint density at radius 1 is 1.25 bits per heavy atom. The Labute approximate surface area is 125 Å². The number of aromatic nitrogens is 2. The van der Waals surface area contributed by atoms with Gasteiger partial charge < -0.3 is 15.5 Å². The smallest absolute Gasteiger partial charge is 0.159 e. The molecule has 2 rings (SSSR count). The third-order valence-corrected chi connectivity index (χ3v) is 3.52. The molecule has 0 aliphatic rings. The number of methoxy groups -OCH3 is 1. The van der Waals surface area contributed by atoms with E-state index >= 15 is 0 Å². The lowest BCUT2D eigenvalue weighted by molar-refractivity contribution is 0.202.